The summed E-state index contributed by atoms with van der Waals surface area (Å²) in [5, 5.41) is 2.86. The summed E-state index contributed by atoms with van der Waals surface area (Å²) in [5.74, 6) is 2.04. The molecule has 0 fully saturated rings. The van der Waals surface area contributed by atoms with Crippen molar-refractivity contribution in [2.45, 2.75) is 19.3 Å². The summed E-state index contributed by atoms with van der Waals surface area (Å²) in [6.07, 6.45) is 1.76. The zero-order chi connectivity index (χ0) is 15.7. The van der Waals surface area contributed by atoms with Crippen molar-refractivity contribution in [3.8, 4) is 17.2 Å². The smallest absolute Gasteiger partial charge is 0.220 e. The Hall–Kier alpha value is -1.95. The van der Waals surface area contributed by atoms with Gasteiger partial charge in [0.1, 0.15) is 17.2 Å². The van der Waals surface area contributed by atoms with Crippen LogP contribution in [0.25, 0.3) is 0 Å². The van der Waals surface area contributed by atoms with Crippen molar-refractivity contribution in [2.24, 2.45) is 5.73 Å². The minimum absolute atomic E-state index is 0.00638. The highest BCUT2D eigenvalue weighted by Crippen LogP contribution is 2.34. The van der Waals surface area contributed by atoms with E-state index in [1.165, 1.54) is 0 Å². The third-order valence-electron chi connectivity index (χ3n) is 3.12. The number of nitrogens with one attached hydrogen (secondary N) is 1. The maximum absolute atomic E-state index is 11.6. The topological polar surface area (TPSA) is 82.8 Å². The lowest BCUT2D eigenvalue weighted by molar-refractivity contribution is -0.121. The van der Waals surface area contributed by atoms with Gasteiger partial charge in [0.15, 0.2) is 0 Å². The fourth-order valence-corrected chi connectivity index (χ4v) is 2.00. The van der Waals surface area contributed by atoms with Crippen molar-refractivity contribution in [1.29, 1.82) is 0 Å². The molecule has 0 saturated heterocycles. The Bertz CT molecular complexity index is 438. The van der Waals surface area contributed by atoms with E-state index in [4.69, 9.17) is 19.9 Å². The molecule has 0 radical (unpaired) electrons. The predicted molar refractivity (Wildman–Crippen MR) is 81.1 cm³/mol. The molecule has 1 aromatic carbocycles. The Kier molecular flexibility index (Phi) is 7.39. The standard InChI is InChI=1S/C15H24N2O4/c1-19-11-9-13(20-2)12(14(10-11)21-3)6-8-17-15(18)5-4-7-16/h9-10H,4-8,16H2,1-3H3,(H,17,18). The molecular weight excluding hydrogens is 272 g/mol. The first-order valence-electron chi connectivity index (χ1n) is 6.91. The van der Waals surface area contributed by atoms with Crippen LogP contribution in [-0.4, -0.2) is 40.3 Å². The Labute approximate surface area is 125 Å². The molecule has 1 rings (SSSR count). The summed E-state index contributed by atoms with van der Waals surface area (Å²) in [7, 11) is 4.78. The third-order valence-corrected chi connectivity index (χ3v) is 3.12. The van der Waals surface area contributed by atoms with Crippen LogP contribution in [0.3, 0.4) is 0 Å². The average molecular weight is 296 g/mol. The van der Waals surface area contributed by atoms with Gasteiger partial charge in [-0.25, -0.2) is 0 Å². The van der Waals surface area contributed by atoms with E-state index in [1.807, 2.05) is 0 Å². The minimum atomic E-state index is 0.00638. The summed E-state index contributed by atoms with van der Waals surface area (Å²) >= 11 is 0. The van der Waals surface area contributed by atoms with Crippen molar-refractivity contribution in [1.82, 2.24) is 5.32 Å². The fraction of sp³-hybridized carbons (Fsp3) is 0.533. The molecule has 21 heavy (non-hydrogen) atoms. The molecule has 0 atom stereocenters. The Morgan fingerprint density at radius 1 is 1.14 bits per heavy atom. The highest BCUT2D eigenvalue weighted by atomic mass is 16.5. The van der Waals surface area contributed by atoms with E-state index < -0.39 is 0 Å². The van der Waals surface area contributed by atoms with Crippen LogP contribution < -0.4 is 25.3 Å². The number of carbonyl (C=O) groups is 1. The Balaban J connectivity index is 2.71. The molecule has 0 heterocycles. The van der Waals surface area contributed by atoms with Gasteiger partial charge in [-0.2, -0.15) is 0 Å². The molecule has 0 aliphatic heterocycles. The van der Waals surface area contributed by atoms with Crippen LogP contribution in [0.2, 0.25) is 0 Å². The van der Waals surface area contributed by atoms with Gasteiger partial charge >= 0.3 is 0 Å². The highest BCUT2D eigenvalue weighted by Gasteiger charge is 2.13. The third kappa shape index (κ3) is 5.15. The molecule has 0 aliphatic carbocycles. The van der Waals surface area contributed by atoms with E-state index in [2.05, 4.69) is 5.32 Å². The second-order valence-corrected chi connectivity index (χ2v) is 4.50. The molecule has 118 valence electrons. The molecular formula is C15H24N2O4. The first-order valence-corrected chi connectivity index (χ1v) is 6.91. The first-order chi connectivity index (χ1) is 10.2. The number of methoxy groups -OCH3 is 3. The maximum atomic E-state index is 11.6. The van der Waals surface area contributed by atoms with E-state index in [0.717, 1.165) is 5.56 Å². The van der Waals surface area contributed by atoms with Gasteiger partial charge in [0.2, 0.25) is 5.91 Å². The van der Waals surface area contributed by atoms with E-state index in [0.29, 0.717) is 49.6 Å². The lowest BCUT2D eigenvalue weighted by Crippen LogP contribution is -2.26. The Morgan fingerprint density at radius 2 is 1.76 bits per heavy atom. The van der Waals surface area contributed by atoms with Crippen molar-refractivity contribution in [3.05, 3.63) is 17.7 Å². The van der Waals surface area contributed by atoms with Gasteiger partial charge in [-0.3, -0.25) is 4.79 Å². The zero-order valence-corrected chi connectivity index (χ0v) is 12.9. The minimum Gasteiger partial charge on any atom is -0.496 e. The van der Waals surface area contributed by atoms with Crippen LogP contribution >= 0.6 is 0 Å². The number of nitrogens with two attached hydrogens (primary N) is 1. The van der Waals surface area contributed by atoms with Gasteiger partial charge < -0.3 is 25.3 Å². The summed E-state index contributed by atoms with van der Waals surface area (Å²) < 4.78 is 15.9. The molecule has 0 aliphatic rings. The number of rotatable bonds is 9. The second kappa shape index (κ2) is 9.07. The lowest BCUT2D eigenvalue weighted by Gasteiger charge is -2.15. The van der Waals surface area contributed by atoms with E-state index >= 15 is 0 Å². The predicted octanol–water partition coefficient (Wildman–Crippen LogP) is 1.11. The van der Waals surface area contributed by atoms with Gasteiger partial charge in [0, 0.05) is 30.7 Å². The van der Waals surface area contributed by atoms with Crippen LogP contribution in [0.1, 0.15) is 18.4 Å². The number of benzene rings is 1. The average Bonchev–Trinajstić information content (AvgIpc) is 2.52. The first kappa shape index (κ1) is 17.1. The molecule has 1 amide bonds. The number of carbonyl (C=O) groups excluding carboxylic acids is 1. The van der Waals surface area contributed by atoms with Gasteiger partial charge in [-0.15, -0.1) is 0 Å². The highest BCUT2D eigenvalue weighted by molar-refractivity contribution is 5.75. The van der Waals surface area contributed by atoms with E-state index in [9.17, 15) is 4.79 Å². The van der Waals surface area contributed by atoms with E-state index in [1.54, 1.807) is 33.5 Å². The van der Waals surface area contributed by atoms with Crippen molar-refractivity contribution in [2.75, 3.05) is 34.4 Å². The molecule has 0 spiro atoms. The number of hydrogen-bond donors (Lipinski definition) is 2. The molecule has 6 nitrogen and oxygen atoms in total. The lowest BCUT2D eigenvalue weighted by atomic mass is 10.1. The van der Waals surface area contributed by atoms with Gasteiger partial charge in [0.25, 0.3) is 0 Å². The summed E-state index contributed by atoms with van der Waals surface area (Å²) in [6, 6.07) is 3.60. The molecule has 0 aromatic heterocycles. The molecule has 1 aromatic rings. The molecule has 0 saturated carbocycles. The monoisotopic (exact) mass is 296 g/mol. The van der Waals surface area contributed by atoms with Crippen LogP contribution in [0.15, 0.2) is 12.1 Å². The van der Waals surface area contributed by atoms with Gasteiger partial charge in [-0.05, 0) is 19.4 Å². The van der Waals surface area contributed by atoms with Crippen LogP contribution in [0, 0.1) is 0 Å². The van der Waals surface area contributed by atoms with E-state index in [-0.39, 0.29) is 5.91 Å². The summed E-state index contributed by atoms with van der Waals surface area (Å²) in [5.41, 5.74) is 6.28. The van der Waals surface area contributed by atoms with Gasteiger partial charge in [-0.1, -0.05) is 0 Å². The Morgan fingerprint density at radius 3 is 2.24 bits per heavy atom. The zero-order valence-electron chi connectivity index (χ0n) is 12.9. The molecule has 0 unspecified atom stereocenters. The SMILES string of the molecule is COc1cc(OC)c(CCNC(=O)CCCN)c(OC)c1. The van der Waals surface area contributed by atoms with Gasteiger partial charge in [0.05, 0.1) is 21.3 Å². The fourth-order valence-electron chi connectivity index (χ4n) is 2.00. The number of ether oxygens (including phenoxy) is 3. The molecule has 3 N–H and O–H groups in total. The quantitative estimate of drug-likeness (QED) is 0.713. The molecule has 0 bridgehead atoms. The van der Waals surface area contributed by atoms with Crippen LogP contribution in [0.4, 0.5) is 0 Å². The van der Waals surface area contributed by atoms with Crippen LogP contribution in [0.5, 0.6) is 17.2 Å². The summed E-state index contributed by atoms with van der Waals surface area (Å²) in [6.45, 7) is 1.04. The largest absolute Gasteiger partial charge is 0.496 e. The number of amides is 1. The second-order valence-electron chi connectivity index (χ2n) is 4.50. The van der Waals surface area contributed by atoms with Crippen molar-refractivity contribution in [3.63, 3.8) is 0 Å². The number of hydrogen-bond acceptors (Lipinski definition) is 5. The molecule has 6 heteroatoms. The normalized spacial score (nSPS) is 10.1. The maximum Gasteiger partial charge on any atom is 0.220 e. The summed E-state index contributed by atoms with van der Waals surface area (Å²) in [4.78, 5) is 11.6. The van der Waals surface area contributed by atoms with Crippen molar-refractivity contribution >= 4 is 5.91 Å². The van der Waals surface area contributed by atoms with Crippen molar-refractivity contribution < 1.29 is 19.0 Å². The van der Waals surface area contributed by atoms with Crippen LogP contribution in [-0.2, 0) is 11.2 Å².